The maximum atomic E-state index is 13.8. The number of fused-ring (bicyclic) bond motifs is 18. The van der Waals surface area contributed by atoms with E-state index in [4.69, 9.17) is 4.74 Å². The Morgan fingerprint density at radius 3 is 2.32 bits per heavy atom. The first-order chi connectivity index (χ1) is 24.0. The third kappa shape index (κ3) is 10.1. The Morgan fingerprint density at radius 1 is 0.940 bits per heavy atom. The van der Waals surface area contributed by atoms with Gasteiger partial charge in [0, 0.05) is 43.5 Å². The van der Waals surface area contributed by atoms with E-state index in [2.05, 4.69) is 26.3 Å². The number of benzene rings is 2. The van der Waals surface area contributed by atoms with Crippen LogP contribution in [0.5, 0.6) is 5.75 Å². The van der Waals surface area contributed by atoms with Gasteiger partial charge in [-0.15, -0.1) is 0 Å². The zero-order valence-corrected chi connectivity index (χ0v) is 29.5. The van der Waals surface area contributed by atoms with Crippen LogP contribution in [0.25, 0.3) is 0 Å². The molecule has 4 N–H and O–H groups in total. The Bertz CT molecular complexity index is 1640. The van der Waals surface area contributed by atoms with Gasteiger partial charge in [-0.3, -0.25) is 29.0 Å². The minimum Gasteiger partial charge on any atom is -0.497 e. The average Bonchev–Trinajstić information content (AvgIpc) is 3.12. The average molecular weight is 685 g/mol. The minimum atomic E-state index is -1.03. The maximum absolute atomic E-state index is 13.8. The van der Waals surface area contributed by atoms with Crippen LogP contribution in [0.1, 0.15) is 77.6 Å². The van der Waals surface area contributed by atoms with Crippen molar-refractivity contribution in [3.63, 3.8) is 0 Å². The molecule has 0 aliphatic carbocycles. The highest BCUT2D eigenvalue weighted by atomic mass is 16.5. The standard InChI is InChI=1S/C38H48N6O6/c1-6-24(2)33-37(48)42-32(22-27-13-17-30(50-5)18-14-27)36(47)41-26(4)34(45)40-19-7-8-21-44(38(49)31-10-9-20-39-25(31)3)23-28-11-15-29(16-12-28)35(46)43-33/h9-18,20,24,26,32-33H,6-8,19,21-23H2,1-5H3,(H,40,45)(H,41,47)(H,42,48)(H,43,46)/t24-,26+,32-,33?/m0/s1. The lowest BCUT2D eigenvalue weighted by Crippen LogP contribution is -2.58. The molecule has 0 saturated heterocycles. The molecular formula is C38H48N6O6. The Morgan fingerprint density at radius 2 is 1.66 bits per heavy atom. The molecule has 2 aliphatic rings. The minimum absolute atomic E-state index is 0.145. The first-order valence-electron chi connectivity index (χ1n) is 17.1. The van der Waals surface area contributed by atoms with E-state index in [0.29, 0.717) is 61.5 Å². The highest BCUT2D eigenvalue weighted by Gasteiger charge is 2.31. The molecule has 2 bridgehead atoms. The number of nitrogens with one attached hydrogen (secondary N) is 4. The van der Waals surface area contributed by atoms with E-state index < -0.39 is 35.8 Å². The molecule has 0 radical (unpaired) electrons. The van der Waals surface area contributed by atoms with Gasteiger partial charge in [-0.25, -0.2) is 0 Å². The lowest BCUT2D eigenvalue weighted by Gasteiger charge is -2.27. The smallest absolute Gasteiger partial charge is 0.255 e. The SMILES string of the molecule is CC[C@H](C)C1NC(=O)c2ccc(cc2)CN(C(=O)c2cccnc2C)CCCCNC(=O)[C@@H](C)NC(=O)[C@H](Cc2ccc(OC)cc2)NC1=O. The molecule has 5 amide bonds. The van der Waals surface area contributed by atoms with E-state index in [1.54, 1.807) is 92.7 Å². The summed E-state index contributed by atoms with van der Waals surface area (Å²) < 4.78 is 5.25. The van der Waals surface area contributed by atoms with Crippen LogP contribution in [-0.4, -0.2) is 77.7 Å². The number of nitrogens with zero attached hydrogens (tertiary/aromatic N) is 2. The number of aryl methyl sites for hydroxylation is 1. The fraction of sp³-hybridized carbons (Fsp3) is 0.421. The molecule has 12 nitrogen and oxygen atoms in total. The van der Waals surface area contributed by atoms with Gasteiger partial charge in [-0.1, -0.05) is 44.5 Å². The largest absolute Gasteiger partial charge is 0.497 e. The van der Waals surface area contributed by atoms with Crippen LogP contribution in [0.2, 0.25) is 0 Å². The van der Waals surface area contributed by atoms with Gasteiger partial charge >= 0.3 is 0 Å². The van der Waals surface area contributed by atoms with Gasteiger partial charge in [0.25, 0.3) is 11.8 Å². The molecule has 1 aromatic heterocycles. The van der Waals surface area contributed by atoms with Crippen molar-refractivity contribution in [1.29, 1.82) is 0 Å². The molecular weight excluding hydrogens is 636 g/mol. The summed E-state index contributed by atoms with van der Waals surface area (Å²) in [4.78, 5) is 73.6. The lowest BCUT2D eigenvalue weighted by atomic mass is 9.96. The quantitative estimate of drug-likeness (QED) is 0.290. The monoisotopic (exact) mass is 684 g/mol. The van der Waals surface area contributed by atoms with Crippen molar-refractivity contribution >= 4 is 29.5 Å². The van der Waals surface area contributed by atoms with Crippen molar-refractivity contribution in [1.82, 2.24) is 31.2 Å². The van der Waals surface area contributed by atoms with Crippen LogP contribution in [0.15, 0.2) is 66.9 Å². The summed E-state index contributed by atoms with van der Waals surface area (Å²) in [6, 6.07) is 14.7. The van der Waals surface area contributed by atoms with E-state index in [-0.39, 0.29) is 24.2 Å². The summed E-state index contributed by atoms with van der Waals surface area (Å²) in [5.74, 6) is -1.64. The van der Waals surface area contributed by atoms with Gasteiger partial charge in [0.1, 0.15) is 23.9 Å². The summed E-state index contributed by atoms with van der Waals surface area (Å²) in [7, 11) is 1.56. The van der Waals surface area contributed by atoms with Gasteiger partial charge in [0.2, 0.25) is 17.7 Å². The van der Waals surface area contributed by atoms with Crippen LogP contribution in [0.3, 0.4) is 0 Å². The molecule has 12 heteroatoms. The van der Waals surface area contributed by atoms with Gasteiger partial charge in [-0.05, 0) is 80.1 Å². The van der Waals surface area contributed by atoms with E-state index >= 15 is 0 Å². The summed E-state index contributed by atoms with van der Waals surface area (Å²) >= 11 is 0. The molecule has 50 heavy (non-hydrogen) atoms. The van der Waals surface area contributed by atoms with Crippen molar-refractivity contribution in [2.45, 2.75) is 78.0 Å². The summed E-state index contributed by atoms with van der Waals surface area (Å²) in [5.41, 5.74) is 3.08. The van der Waals surface area contributed by atoms with Crippen LogP contribution < -0.4 is 26.0 Å². The number of amides is 5. The van der Waals surface area contributed by atoms with Crippen LogP contribution in [-0.2, 0) is 27.3 Å². The van der Waals surface area contributed by atoms with Crippen molar-refractivity contribution in [3.8, 4) is 5.75 Å². The predicted octanol–water partition coefficient (Wildman–Crippen LogP) is 3.33. The van der Waals surface area contributed by atoms with E-state index in [1.807, 2.05) is 13.8 Å². The fourth-order valence-corrected chi connectivity index (χ4v) is 5.68. The van der Waals surface area contributed by atoms with Gasteiger partial charge in [0.05, 0.1) is 12.7 Å². The number of methoxy groups -OCH3 is 1. The first kappa shape index (κ1) is 37.6. The Hall–Kier alpha value is -5.26. The van der Waals surface area contributed by atoms with Crippen molar-refractivity contribution in [2.75, 3.05) is 20.2 Å². The van der Waals surface area contributed by atoms with Crippen molar-refractivity contribution in [3.05, 3.63) is 94.8 Å². The van der Waals surface area contributed by atoms with Crippen molar-refractivity contribution in [2.24, 2.45) is 5.92 Å². The molecule has 266 valence electrons. The normalized spacial score (nSPS) is 20.4. The Labute approximate surface area is 293 Å². The molecule has 1 unspecified atom stereocenters. The second-order valence-corrected chi connectivity index (χ2v) is 12.7. The van der Waals surface area contributed by atoms with E-state index in [0.717, 1.165) is 11.1 Å². The van der Waals surface area contributed by atoms with E-state index in [9.17, 15) is 24.0 Å². The Kier molecular flexibility index (Phi) is 13.5. The molecule has 5 rings (SSSR count). The molecule has 2 aromatic carbocycles. The molecule has 0 saturated carbocycles. The molecule has 4 atom stereocenters. The predicted molar refractivity (Wildman–Crippen MR) is 189 cm³/mol. The third-order valence-electron chi connectivity index (χ3n) is 9.03. The van der Waals surface area contributed by atoms with Crippen LogP contribution in [0.4, 0.5) is 0 Å². The zero-order valence-electron chi connectivity index (χ0n) is 29.5. The first-order valence-corrected chi connectivity index (χ1v) is 17.1. The van der Waals surface area contributed by atoms with E-state index in [1.165, 1.54) is 0 Å². The molecule has 3 aromatic rings. The molecule has 0 spiro atoms. The van der Waals surface area contributed by atoms with Gasteiger partial charge < -0.3 is 30.9 Å². The Balaban J connectivity index is 1.62. The zero-order chi connectivity index (χ0) is 36.2. The topological polar surface area (TPSA) is 159 Å². The fourth-order valence-electron chi connectivity index (χ4n) is 5.68. The van der Waals surface area contributed by atoms with Crippen LogP contribution in [0, 0.1) is 12.8 Å². The highest BCUT2D eigenvalue weighted by molar-refractivity contribution is 5.99. The summed E-state index contributed by atoms with van der Waals surface area (Å²) in [5, 5.41) is 11.3. The summed E-state index contributed by atoms with van der Waals surface area (Å²) in [6.45, 7) is 8.22. The number of pyridine rings is 1. The lowest BCUT2D eigenvalue weighted by molar-refractivity contribution is -0.132. The number of carbonyl (C=O) groups is 5. The second kappa shape index (κ2) is 17.9. The number of hydrogen-bond acceptors (Lipinski definition) is 7. The number of rotatable bonds is 6. The second-order valence-electron chi connectivity index (χ2n) is 12.7. The number of ether oxygens (including phenoxy) is 1. The summed E-state index contributed by atoms with van der Waals surface area (Å²) in [6.07, 6.45) is 3.58. The van der Waals surface area contributed by atoms with Crippen molar-refractivity contribution < 1.29 is 28.7 Å². The highest BCUT2D eigenvalue weighted by Crippen LogP contribution is 2.17. The molecule has 2 aliphatic heterocycles. The van der Waals surface area contributed by atoms with Crippen LogP contribution >= 0.6 is 0 Å². The van der Waals surface area contributed by atoms with Gasteiger partial charge in [0.15, 0.2) is 0 Å². The molecule has 3 heterocycles. The number of hydrogen-bond donors (Lipinski definition) is 4. The molecule has 0 fully saturated rings. The third-order valence-corrected chi connectivity index (χ3v) is 9.03. The number of carbonyl (C=O) groups excluding carboxylic acids is 5. The maximum Gasteiger partial charge on any atom is 0.255 e. The number of aromatic nitrogens is 1. The van der Waals surface area contributed by atoms with Gasteiger partial charge in [-0.2, -0.15) is 0 Å².